The smallest absolute Gasteiger partial charge is 0.336 e. The molecule has 448 valence electrons. The Kier molecular flexibility index (Phi) is 24.2. The van der Waals surface area contributed by atoms with Gasteiger partial charge in [0.1, 0.15) is 23.9 Å². The number of ether oxygens (including phenoxy) is 5. The van der Waals surface area contributed by atoms with Crippen molar-refractivity contribution in [3.8, 4) is 0 Å². The van der Waals surface area contributed by atoms with Crippen LogP contribution in [0.25, 0.3) is 0 Å². The van der Waals surface area contributed by atoms with Crippen molar-refractivity contribution in [1.82, 2.24) is 10.4 Å². The van der Waals surface area contributed by atoms with Crippen LogP contribution < -0.4 is 5.32 Å². The maximum absolute atomic E-state index is 15.4. The first-order valence-corrected chi connectivity index (χ1v) is 28.5. The third-order valence-corrected chi connectivity index (χ3v) is 16.8. The van der Waals surface area contributed by atoms with Crippen LogP contribution in [0, 0.1) is 55.7 Å². The van der Waals surface area contributed by atoms with E-state index in [0.717, 1.165) is 0 Å². The maximum atomic E-state index is 15.4. The van der Waals surface area contributed by atoms with E-state index in [-0.39, 0.29) is 56.6 Å². The van der Waals surface area contributed by atoms with Gasteiger partial charge in [-0.3, -0.25) is 28.8 Å². The highest BCUT2D eigenvalue weighted by molar-refractivity contribution is 6.01. The number of carbonyl (C=O) groups is 7. The Morgan fingerprint density at radius 1 is 0.623 bits per heavy atom. The predicted molar refractivity (Wildman–Crippen MR) is 303 cm³/mol. The van der Waals surface area contributed by atoms with Crippen molar-refractivity contribution in [3.63, 3.8) is 0 Å². The molecule has 6 unspecified atom stereocenters. The minimum absolute atomic E-state index is 0.0278. The number of nitrogens with zero attached hydrogens (tertiary/aromatic N) is 1. The van der Waals surface area contributed by atoms with Gasteiger partial charge in [0.05, 0.1) is 41.2 Å². The van der Waals surface area contributed by atoms with E-state index >= 15 is 14.4 Å². The third kappa shape index (κ3) is 20.9. The zero-order valence-corrected chi connectivity index (χ0v) is 53.9. The highest BCUT2D eigenvalue weighted by Gasteiger charge is 2.58. The zero-order chi connectivity index (χ0) is 60.7. The summed E-state index contributed by atoms with van der Waals surface area (Å²) in [4.78, 5) is 105. The van der Waals surface area contributed by atoms with Crippen molar-refractivity contribution >= 4 is 41.4 Å². The Labute approximate surface area is 467 Å². The first-order valence-electron chi connectivity index (χ1n) is 28.5. The molecule has 3 amide bonds. The molecular weight excluding hydrogens is 981 g/mol. The van der Waals surface area contributed by atoms with E-state index in [1.165, 1.54) is 0 Å². The summed E-state index contributed by atoms with van der Waals surface area (Å²) in [6.45, 7) is 53.9. The van der Waals surface area contributed by atoms with Gasteiger partial charge in [-0.1, -0.05) is 96.9 Å². The number of rotatable bonds is 30. The molecule has 1 saturated heterocycles. The number of hydrogen-bond donors (Lipinski definition) is 1. The van der Waals surface area contributed by atoms with Crippen LogP contribution in [0.2, 0.25) is 0 Å². The van der Waals surface area contributed by atoms with Gasteiger partial charge in [0.25, 0.3) is 11.8 Å². The number of Topliss-reactive ketones (excluding diaryl/α,β-unsaturated/α-hetero) is 1. The molecule has 15 heteroatoms. The fourth-order valence-corrected chi connectivity index (χ4v) is 10.8. The standard InChI is InChI=1S/C62H112N2O13/c1-29-57(19,20)75-41(4)47(67)60(25,26)74-35-34-72-51(71)62(28,39-61(27,38-52(6,7)8)50(70)76-58(21,22)32-33-73-54(12,13)14)42(5)55(15,16)36-44(49(69)77-64-45(65)30-31-46(64)66)59(23,24)56(17,18)37-43(53(9,10)11)48(68)63-40(2)3/h40-44H,29-39H2,1-28H3,(H,63,68). The summed E-state index contributed by atoms with van der Waals surface area (Å²) in [6.07, 6.45) is 0.922. The molecule has 0 aliphatic carbocycles. The van der Waals surface area contributed by atoms with Crippen LogP contribution in [-0.4, -0.2) is 101 Å². The highest BCUT2D eigenvalue weighted by Crippen LogP contribution is 2.58. The summed E-state index contributed by atoms with van der Waals surface area (Å²) in [5.41, 5.74) is -9.53. The lowest BCUT2D eigenvalue weighted by Crippen LogP contribution is -2.53. The van der Waals surface area contributed by atoms with Crippen LogP contribution in [0.5, 0.6) is 0 Å². The van der Waals surface area contributed by atoms with E-state index in [1.807, 2.05) is 166 Å². The molecule has 1 heterocycles. The molecule has 15 nitrogen and oxygen atoms in total. The van der Waals surface area contributed by atoms with E-state index in [1.54, 1.807) is 27.7 Å². The van der Waals surface area contributed by atoms with Gasteiger partial charge in [-0.2, -0.15) is 0 Å². The number of ketones is 1. The molecule has 77 heavy (non-hydrogen) atoms. The molecule has 0 bridgehead atoms. The second kappa shape index (κ2) is 26.0. The molecule has 1 rings (SSSR count). The van der Waals surface area contributed by atoms with Gasteiger partial charge < -0.3 is 33.8 Å². The molecule has 6 atom stereocenters. The zero-order valence-electron chi connectivity index (χ0n) is 53.9. The van der Waals surface area contributed by atoms with Gasteiger partial charge >= 0.3 is 17.9 Å². The molecule has 1 fully saturated rings. The lowest BCUT2D eigenvalue weighted by Gasteiger charge is -2.52. The molecular formula is C62H112N2O13. The third-order valence-electron chi connectivity index (χ3n) is 16.8. The van der Waals surface area contributed by atoms with Gasteiger partial charge in [-0.15, -0.1) is 5.06 Å². The average Bonchev–Trinajstić information content (AvgIpc) is 3.55. The van der Waals surface area contributed by atoms with Crippen LogP contribution in [0.1, 0.15) is 245 Å². The van der Waals surface area contributed by atoms with Crippen LogP contribution in [0.15, 0.2) is 0 Å². The maximum Gasteiger partial charge on any atom is 0.336 e. The summed E-state index contributed by atoms with van der Waals surface area (Å²) >= 11 is 0. The Morgan fingerprint density at radius 3 is 1.60 bits per heavy atom. The summed E-state index contributed by atoms with van der Waals surface area (Å²) in [6, 6.07) is -0.104. The van der Waals surface area contributed by atoms with E-state index in [2.05, 4.69) is 5.32 Å². The quantitative estimate of drug-likeness (QED) is 0.0406. The lowest BCUT2D eigenvalue weighted by atomic mass is 9.51. The van der Waals surface area contributed by atoms with Crippen molar-refractivity contribution < 1.29 is 62.1 Å². The number of nitrogens with one attached hydrogen (secondary N) is 1. The van der Waals surface area contributed by atoms with Crippen LogP contribution >= 0.6 is 0 Å². The molecule has 0 aromatic carbocycles. The summed E-state index contributed by atoms with van der Waals surface area (Å²) in [5.74, 6) is -5.65. The van der Waals surface area contributed by atoms with Crippen molar-refractivity contribution in [2.45, 2.75) is 280 Å². The SMILES string of the molecule is CCC(C)(C)OC(C)C(=O)C(C)(C)OCCOC(=O)C(C)(CC(C)(CC(C)(C)C)C(=O)OC(C)(C)CCOC(C)(C)C)C(C)C(C)(C)CC(C(=O)ON1C(=O)CCC1=O)C(C)(C)C(C)(C)CC(C(=O)NC(C)C)C(C)(C)C. The Balaban J connectivity index is 4.15. The number of amides is 3. The van der Waals surface area contributed by atoms with Crippen LogP contribution in [-0.2, 0) is 62.1 Å². The normalized spacial score (nSPS) is 18.0. The van der Waals surface area contributed by atoms with E-state index in [9.17, 15) is 19.2 Å². The first kappa shape index (κ1) is 71.6. The summed E-state index contributed by atoms with van der Waals surface area (Å²) < 4.78 is 30.9. The second-order valence-electron chi connectivity index (χ2n) is 30.3. The Morgan fingerprint density at radius 2 is 1.14 bits per heavy atom. The first-order chi connectivity index (χ1) is 34.2. The minimum Gasteiger partial charge on any atom is -0.463 e. The molecule has 1 N–H and O–H groups in total. The van der Waals surface area contributed by atoms with E-state index in [0.29, 0.717) is 37.4 Å². The topological polar surface area (TPSA) is 190 Å². The summed E-state index contributed by atoms with van der Waals surface area (Å²) in [5, 5.41) is 3.67. The van der Waals surface area contributed by atoms with Gasteiger partial charge in [0.15, 0.2) is 5.78 Å². The monoisotopic (exact) mass is 1090 g/mol. The second-order valence-corrected chi connectivity index (χ2v) is 30.3. The number of esters is 2. The fourth-order valence-electron chi connectivity index (χ4n) is 10.8. The number of imide groups is 1. The van der Waals surface area contributed by atoms with Crippen molar-refractivity contribution in [3.05, 3.63) is 0 Å². The summed E-state index contributed by atoms with van der Waals surface area (Å²) in [7, 11) is 0. The molecule has 1 aliphatic heterocycles. The Hall–Kier alpha value is -3.43. The predicted octanol–water partition coefficient (Wildman–Crippen LogP) is 12.8. The number of carbonyl (C=O) groups excluding carboxylic acids is 7. The van der Waals surface area contributed by atoms with Crippen molar-refractivity contribution in [1.29, 1.82) is 0 Å². The molecule has 0 radical (unpaired) electrons. The lowest BCUT2D eigenvalue weighted by molar-refractivity contribution is -0.207. The molecule has 1 aliphatic rings. The van der Waals surface area contributed by atoms with Crippen molar-refractivity contribution in [2.24, 2.45) is 55.7 Å². The van der Waals surface area contributed by atoms with Gasteiger partial charge in [-0.05, 0) is 162 Å². The molecule has 0 spiro atoms. The van der Waals surface area contributed by atoms with Crippen LogP contribution in [0.3, 0.4) is 0 Å². The van der Waals surface area contributed by atoms with E-state index in [4.69, 9.17) is 28.5 Å². The van der Waals surface area contributed by atoms with Crippen LogP contribution in [0.4, 0.5) is 0 Å². The highest BCUT2D eigenvalue weighted by atomic mass is 16.7. The van der Waals surface area contributed by atoms with Gasteiger partial charge in [0, 0.05) is 31.2 Å². The van der Waals surface area contributed by atoms with Crippen molar-refractivity contribution in [2.75, 3.05) is 19.8 Å². The average molecular weight is 1090 g/mol. The van der Waals surface area contributed by atoms with Gasteiger partial charge in [0.2, 0.25) is 5.91 Å². The Bertz CT molecular complexity index is 2030. The number of hydroxylamine groups is 2. The minimum atomic E-state index is -1.47. The van der Waals surface area contributed by atoms with Gasteiger partial charge in [-0.25, -0.2) is 4.79 Å². The largest absolute Gasteiger partial charge is 0.463 e. The molecule has 0 saturated carbocycles. The fraction of sp³-hybridized carbons (Fsp3) is 0.887. The molecule has 0 aromatic heterocycles. The number of hydrogen-bond acceptors (Lipinski definition) is 13. The molecule has 0 aromatic rings. The van der Waals surface area contributed by atoms with E-state index < -0.39 is 114 Å².